The van der Waals surface area contributed by atoms with Crippen LogP contribution < -0.4 is 4.90 Å². The van der Waals surface area contributed by atoms with E-state index < -0.39 is 0 Å². The minimum Gasteiger partial charge on any atom is -0.301 e. The van der Waals surface area contributed by atoms with Gasteiger partial charge in [0.2, 0.25) is 0 Å². The van der Waals surface area contributed by atoms with E-state index in [9.17, 15) is 0 Å². The van der Waals surface area contributed by atoms with Gasteiger partial charge >= 0.3 is 0 Å². The number of hydrogen-bond acceptors (Lipinski definition) is 3. The van der Waals surface area contributed by atoms with E-state index in [2.05, 4.69) is 95.6 Å². The standard InChI is InChI=1S/C24H19NS2/c1-16-5-3-7-19(11-16)25(20-8-4-6-17(2)12-20)24-21-10-9-18-13-26-14-22(18)23(21)15-27-24/h3-15H,1-2H3. The van der Waals surface area contributed by atoms with E-state index in [1.165, 1.54) is 49.0 Å². The second-order valence-electron chi connectivity index (χ2n) is 6.96. The third-order valence-corrected chi connectivity index (χ3v) is 6.68. The molecule has 0 aliphatic carbocycles. The summed E-state index contributed by atoms with van der Waals surface area (Å²) in [6, 6.07) is 22.0. The minimum absolute atomic E-state index is 1.20. The zero-order valence-electron chi connectivity index (χ0n) is 15.3. The summed E-state index contributed by atoms with van der Waals surface area (Å²) in [7, 11) is 0. The van der Waals surface area contributed by atoms with Crippen molar-refractivity contribution in [2.24, 2.45) is 0 Å². The Hall–Kier alpha value is -2.62. The molecule has 0 radical (unpaired) electrons. The van der Waals surface area contributed by atoms with Crippen molar-refractivity contribution in [3.63, 3.8) is 0 Å². The molecule has 0 atom stereocenters. The molecular formula is C24H19NS2. The molecular weight excluding hydrogens is 366 g/mol. The van der Waals surface area contributed by atoms with Crippen LogP contribution in [0.5, 0.6) is 0 Å². The monoisotopic (exact) mass is 385 g/mol. The van der Waals surface area contributed by atoms with Crippen LogP contribution in [0.1, 0.15) is 11.1 Å². The lowest BCUT2D eigenvalue weighted by Crippen LogP contribution is -2.09. The van der Waals surface area contributed by atoms with Crippen molar-refractivity contribution in [3.8, 4) is 0 Å². The van der Waals surface area contributed by atoms with Crippen molar-refractivity contribution in [3.05, 3.63) is 87.9 Å². The van der Waals surface area contributed by atoms with Gasteiger partial charge in [0.25, 0.3) is 0 Å². The van der Waals surface area contributed by atoms with Gasteiger partial charge in [0.15, 0.2) is 0 Å². The van der Waals surface area contributed by atoms with Gasteiger partial charge in [0, 0.05) is 32.9 Å². The molecule has 5 rings (SSSR count). The Morgan fingerprint density at radius 3 is 2.04 bits per heavy atom. The first-order chi connectivity index (χ1) is 13.2. The molecule has 5 aromatic rings. The van der Waals surface area contributed by atoms with E-state index in [0.29, 0.717) is 0 Å². The van der Waals surface area contributed by atoms with E-state index >= 15 is 0 Å². The Bertz CT molecular complexity index is 1220. The first-order valence-electron chi connectivity index (χ1n) is 9.00. The molecule has 2 heterocycles. The van der Waals surface area contributed by atoms with Crippen molar-refractivity contribution in [2.75, 3.05) is 4.90 Å². The summed E-state index contributed by atoms with van der Waals surface area (Å²) in [6.07, 6.45) is 0. The molecule has 0 aliphatic heterocycles. The van der Waals surface area contributed by atoms with Crippen molar-refractivity contribution in [2.45, 2.75) is 13.8 Å². The van der Waals surface area contributed by atoms with Gasteiger partial charge < -0.3 is 4.90 Å². The summed E-state index contributed by atoms with van der Waals surface area (Å²) in [5.41, 5.74) is 4.95. The van der Waals surface area contributed by atoms with Crippen LogP contribution in [0.25, 0.3) is 21.5 Å². The van der Waals surface area contributed by atoms with Gasteiger partial charge in [-0.05, 0) is 65.4 Å². The highest BCUT2D eigenvalue weighted by molar-refractivity contribution is 7.16. The van der Waals surface area contributed by atoms with Crippen LogP contribution in [-0.2, 0) is 0 Å². The number of anilines is 3. The Morgan fingerprint density at radius 2 is 1.37 bits per heavy atom. The normalized spacial score (nSPS) is 11.3. The van der Waals surface area contributed by atoms with Crippen molar-refractivity contribution >= 4 is 60.6 Å². The van der Waals surface area contributed by atoms with Crippen LogP contribution >= 0.6 is 22.7 Å². The van der Waals surface area contributed by atoms with E-state index in [0.717, 1.165) is 0 Å². The lowest BCUT2D eigenvalue weighted by atomic mass is 10.1. The van der Waals surface area contributed by atoms with Crippen LogP contribution in [0.15, 0.2) is 76.8 Å². The number of aryl methyl sites for hydroxylation is 2. The van der Waals surface area contributed by atoms with E-state index in [-0.39, 0.29) is 0 Å². The highest BCUT2D eigenvalue weighted by Gasteiger charge is 2.18. The minimum atomic E-state index is 1.20. The van der Waals surface area contributed by atoms with Crippen molar-refractivity contribution < 1.29 is 0 Å². The number of hydrogen-bond donors (Lipinski definition) is 0. The lowest BCUT2D eigenvalue weighted by molar-refractivity contribution is 1.29. The number of nitrogens with zero attached hydrogens (tertiary/aromatic N) is 1. The Kier molecular flexibility index (Phi) is 4.00. The molecule has 0 unspecified atom stereocenters. The fourth-order valence-electron chi connectivity index (χ4n) is 3.65. The molecule has 1 nitrogen and oxygen atoms in total. The van der Waals surface area contributed by atoms with Crippen LogP contribution in [-0.4, -0.2) is 0 Å². The average molecular weight is 386 g/mol. The van der Waals surface area contributed by atoms with Gasteiger partial charge in [0.1, 0.15) is 5.00 Å². The van der Waals surface area contributed by atoms with Crippen LogP contribution in [0, 0.1) is 13.8 Å². The van der Waals surface area contributed by atoms with Gasteiger partial charge in [0.05, 0.1) is 0 Å². The van der Waals surface area contributed by atoms with Crippen LogP contribution in [0.4, 0.5) is 16.4 Å². The van der Waals surface area contributed by atoms with E-state index in [1.54, 1.807) is 11.3 Å². The molecule has 0 saturated carbocycles. The molecule has 0 aliphatic rings. The summed E-state index contributed by atoms with van der Waals surface area (Å²) < 4.78 is 0. The smallest absolute Gasteiger partial charge is 0.108 e. The lowest BCUT2D eigenvalue weighted by Gasteiger charge is -2.25. The summed E-state index contributed by atoms with van der Waals surface area (Å²) in [4.78, 5) is 2.39. The highest BCUT2D eigenvalue weighted by atomic mass is 32.1. The Morgan fingerprint density at radius 1 is 0.667 bits per heavy atom. The topological polar surface area (TPSA) is 3.24 Å². The van der Waals surface area contributed by atoms with E-state index in [4.69, 9.17) is 0 Å². The molecule has 2 aromatic heterocycles. The predicted octanol–water partition coefficient (Wildman–Crippen LogP) is 8.20. The third kappa shape index (κ3) is 2.84. The zero-order valence-corrected chi connectivity index (χ0v) is 16.9. The summed E-state index contributed by atoms with van der Waals surface area (Å²) >= 11 is 3.59. The fourth-order valence-corrected chi connectivity index (χ4v) is 5.57. The van der Waals surface area contributed by atoms with Crippen molar-refractivity contribution in [1.29, 1.82) is 0 Å². The highest BCUT2D eigenvalue weighted by Crippen LogP contribution is 2.45. The van der Waals surface area contributed by atoms with Crippen molar-refractivity contribution in [1.82, 2.24) is 0 Å². The molecule has 0 N–H and O–H groups in total. The zero-order chi connectivity index (χ0) is 18.4. The quantitative estimate of drug-likeness (QED) is 0.302. The first kappa shape index (κ1) is 16.5. The number of thiophene rings is 2. The van der Waals surface area contributed by atoms with Gasteiger partial charge in [-0.3, -0.25) is 0 Å². The number of rotatable bonds is 3. The fraction of sp³-hybridized carbons (Fsp3) is 0.0833. The Balaban J connectivity index is 1.79. The van der Waals surface area contributed by atoms with Gasteiger partial charge in [-0.2, -0.15) is 11.3 Å². The average Bonchev–Trinajstić information content (AvgIpc) is 3.29. The maximum absolute atomic E-state index is 2.39. The third-order valence-electron chi connectivity index (χ3n) is 4.94. The molecule has 0 spiro atoms. The predicted molar refractivity (Wildman–Crippen MR) is 121 cm³/mol. The first-order valence-corrected chi connectivity index (χ1v) is 10.8. The van der Waals surface area contributed by atoms with Gasteiger partial charge in [-0.1, -0.05) is 36.4 Å². The molecule has 3 heteroatoms. The number of fused-ring (bicyclic) bond motifs is 3. The van der Waals surface area contributed by atoms with Crippen LogP contribution in [0.3, 0.4) is 0 Å². The molecule has 27 heavy (non-hydrogen) atoms. The molecule has 0 bridgehead atoms. The maximum atomic E-state index is 2.39. The molecule has 132 valence electrons. The molecule has 0 fully saturated rings. The van der Waals surface area contributed by atoms with Gasteiger partial charge in [-0.15, -0.1) is 11.3 Å². The molecule has 0 saturated heterocycles. The van der Waals surface area contributed by atoms with Crippen LogP contribution in [0.2, 0.25) is 0 Å². The molecule has 0 amide bonds. The second kappa shape index (κ2) is 6.52. The SMILES string of the molecule is Cc1cccc(N(c2cccc(C)c2)c2scc3c2ccc2cscc23)c1. The van der Waals surface area contributed by atoms with Gasteiger partial charge in [-0.25, -0.2) is 0 Å². The number of benzene rings is 3. The second-order valence-corrected chi connectivity index (χ2v) is 8.56. The molecule has 3 aromatic carbocycles. The Labute approximate surface area is 167 Å². The largest absolute Gasteiger partial charge is 0.301 e. The maximum Gasteiger partial charge on any atom is 0.108 e. The summed E-state index contributed by atoms with van der Waals surface area (Å²) in [5, 5.41) is 13.4. The summed E-state index contributed by atoms with van der Waals surface area (Å²) in [6.45, 7) is 4.30. The van der Waals surface area contributed by atoms with E-state index in [1.807, 2.05) is 11.3 Å². The summed E-state index contributed by atoms with van der Waals surface area (Å²) in [5.74, 6) is 0.